The highest BCUT2D eigenvalue weighted by atomic mass is 79.9. The molecule has 8 nitrogen and oxygen atoms in total. The lowest BCUT2D eigenvalue weighted by Gasteiger charge is -2.21. The van der Waals surface area contributed by atoms with Gasteiger partial charge in [0.05, 0.1) is 24.8 Å². The number of nitrogens with zero attached hydrogens (tertiary/aromatic N) is 2. The van der Waals surface area contributed by atoms with Gasteiger partial charge in [0.15, 0.2) is 11.5 Å². The number of para-hydroxylation sites is 1. The summed E-state index contributed by atoms with van der Waals surface area (Å²) >= 11 is 3.35. The molecule has 3 rings (SSSR count). The summed E-state index contributed by atoms with van der Waals surface area (Å²) in [5.41, 5.74) is 3.36. The molecule has 0 unspecified atom stereocenters. The predicted octanol–water partition coefficient (Wildman–Crippen LogP) is 3.50. The average molecular weight is 532 g/mol. The molecule has 0 aliphatic carbocycles. The number of sulfonamides is 1. The van der Waals surface area contributed by atoms with Gasteiger partial charge >= 0.3 is 0 Å². The van der Waals surface area contributed by atoms with Gasteiger partial charge < -0.3 is 9.84 Å². The maximum absolute atomic E-state index is 13.2. The van der Waals surface area contributed by atoms with Crippen LogP contribution in [0.5, 0.6) is 11.5 Å². The van der Waals surface area contributed by atoms with E-state index in [2.05, 4.69) is 26.5 Å². The first-order chi connectivity index (χ1) is 15.8. The molecule has 0 spiro atoms. The SMILES string of the molecule is COc1cccc(/C=N\NC(=O)CN(Cc2ccc(Br)cc2)S(=O)(=O)c2ccccc2)c1O. The maximum atomic E-state index is 13.2. The molecule has 0 aliphatic heterocycles. The second-order valence-electron chi connectivity index (χ2n) is 6.90. The second-order valence-corrected chi connectivity index (χ2v) is 9.76. The number of nitrogens with one attached hydrogen (secondary N) is 1. The lowest BCUT2D eigenvalue weighted by Crippen LogP contribution is -2.39. The summed E-state index contributed by atoms with van der Waals surface area (Å²) in [4.78, 5) is 12.6. The van der Waals surface area contributed by atoms with Crippen molar-refractivity contribution in [3.63, 3.8) is 0 Å². The van der Waals surface area contributed by atoms with Crippen LogP contribution in [-0.2, 0) is 21.4 Å². The number of hydrazone groups is 1. The number of amides is 1. The van der Waals surface area contributed by atoms with Gasteiger partial charge in [-0.2, -0.15) is 9.41 Å². The van der Waals surface area contributed by atoms with Crippen LogP contribution in [0.1, 0.15) is 11.1 Å². The Kier molecular flexibility index (Phi) is 8.21. The van der Waals surface area contributed by atoms with E-state index in [4.69, 9.17) is 4.74 Å². The van der Waals surface area contributed by atoms with E-state index in [9.17, 15) is 18.3 Å². The highest BCUT2D eigenvalue weighted by Gasteiger charge is 2.26. The van der Waals surface area contributed by atoms with Gasteiger partial charge in [0.25, 0.3) is 5.91 Å². The second kappa shape index (κ2) is 11.1. The van der Waals surface area contributed by atoms with Crippen molar-refractivity contribution in [2.24, 2.45) is 5.10 Å². The van der Waals surface area contributed by atoms with Crippen LogP contribution in [-0.4, -0.2) is 43.6 Å². The van der Waals surface area contributed by atoms with Crippen LogP contribution in [0.3, 0.4) is 0 Å². The standard InChI is InChI=1S/C23H22BrN3O5S/c1-32-21-9-5-6-18(23(21)29)14-25-26-22(28)16-27(15-17-10-12-19(24)13-11-17)33(30,31)20-7-3-2-4-8-20/h2-14,29H,15-16H2,1H3,(H,26,28)/b25-14-. The van der Waals surface area contributed by atoms with Gasteiger partial charge in [-0.25, -0.2) is 13.8 Å². The van der Waals surface area contributed by atoms with Gasteiger partial charge in [-0.1, -0.05) is 52.3 Å². The fourth-order valence-corrected chi connectivity index (χ4v) is 4.61. The van der Waals surface area contributed by atoms with Crippen molar-refractivity contribution in [2.75, 3.05) is 13.7 Å². The van der Waals surface area contributed by atoms with E-state index < -0.39 is 22.5 Å². The third-order valence-electron chi connectivity index (χ3n) is 4.62. The van der Waals surface area contributed by atoms with Gasteiger partial charge in [-0.05, 0) is 42.0 Å². The van der Waals surface area contributed by atoms with Crippen molar-refractivity contribution in [3.8, 4) is 11.5 Å². The Balaban J connectivity index is 1.78. The molecule has 0 atom stereocenters. The maximum Gasteiger partial charge on any atom is 0.255 e. The molecule has 0 radical (unpaired) electrons. The summed E-state index contributed by atoms with van der Waals surface area (Å²) in [6, 6.07) is 19.9. The van der Waals surface area contributed by atoms with Crippen molar-refractivity contribution < 1.29 is 23.1 Å². The van der Waals surface area contributed by atoms with E-state index in [0.29, 0.717) is 5.56 Å². The third-order valence-corrected chi connectivity index (χ3v) is 6.95. The van der Waals surface area contributed by atoms with E-state index in [1.165, 1.54) is 25.5 Å². The summed E-state index contributed by atoms with van der Waals surface area (Å²) in [5, 5.41) is 13.9. The Morgan fingerprint density at radius 3 is 2.45 bits per heavy atom. The van der Waals surface area contributed by atoms with Crippen LogP contribution in [0.2, 0.25) is 0 Å². The zero-order valence-corrected chi connectivity index (χ0v) is 20.1. The third kappa shape index (κ3) is 6.41. The van der Waals surface area contributed by atoms with Crippen LogP contribution in [0, 0.1) is 0 Å². The Morgan fingerprint density at radius 1 is 1.09 bits per heavy atom. The Labute approximate surface area is 200 Å². The number of hydrogen-bond acceptors (Lipinski definition) is 6. The number of carbonyl (C=O) groups excluding carboxylic acids is 1. The van der Waals surface area contributed by atoms with Crippen LogP contribution in [0.25, 0.3) is 0 Å². The minimum absolute atomic E-state index is 0.00167. The van der Waals surface area contributed by atoms with Crippen LogP contribution in [0.4, 0.5) is 0 Å². The molecule has 172 valence electrons. The molecule has 3 aromatic rings. The first-order valence-corrected chi connectivity index (χ1v) is 12.0. The predicted molar refractivity (Wildman–Crippen MR) is 129 cm³/mol. The van der Waals surface area contributed by atoms with Gasteiger partial charge in [0.1, 0.15) is 0 Å². The first kappa shape index (κ1) is 24.4. The van der Waals surface area contributed by atoms with E-state index >= 15 is 0 Å². The molecule has 0 aromatic heterocycles. The molecule has 0 bridgehead atoms. The number of phenols is 1. The lowest BCUT2D eigenvalue weighted by molar-refractivity contribution is -0.121. The minimum Gasteiger partial charge on any atom is -0.504 e. The van der Waals surface area contributed by atoms with E-state index in [0.717, 1.165) is 14.3 Å². The van der Waals surface area contributed by atoms with Gasteiger partial charge in [0, 0.05) is 16.6 Å². The number of carbonyl (C=O) groups is 1. The number of rotatable bonds is 9. The summed E-state index contributed by atoms with van der Waals surface area (Å²) in [7, 11) is -2.52. The van der Waals surface area contributed by atoms with E-state index in [-0.39, 0.29) is 22.9 Å². The van der Waals surface area contributed by atoms with Crippen molar-refractivity contribution >= 4 is 38.1 Å². The molecular weight excluding hydrogens is 510 g/mol. The van der Waals surface area contributed by atoms with Crippen LogP contribution < -0.4 is 10.2 Å². The molecule has 0 heterocycles. The number of phenolic OH excluding ortho intramolecular Hbond substituents is 1. The molecular formula is C23H22BrN3O5S. The summed E-state index contributed by atoms with van der Waals surface area (Å²) in [6.07, 6.45) is 1.25. The minimum atomic E-state index is -3.94. The molecule has 0 saturated heterocycles. The van der Waals surface area contributed by atoms with Crippen LogP contribution >= 0.6 is 15.9 Å². The van der Waals surface area contributed by atoms with Crippen molar-refractivity contribution in [1.82, 2.24) is 9.73 Å². The number of ether oxygens (including phenoxy) is 1. The quantitative estimate of drug-likeness (QED) is 0.324. The van der Waals surface area contributed by atoms with E-state index in [1.807, 2.05) is 0 Å². The van der Waals surface area contributed by atoms with Gasteiger partial charge in [-0.3, -0.25) is 4.79 Å². The van der Waals surface area contributed by atoms with Crippen molar-refractivity contribution in [1.29, 1.82) is 0 Å². The number of halogens is 1. The zero-order chi connectivity index (χ0) is 23.8. The molecule has 0 saturated carbocycles. The first-order valence-electron chi connectivity index (χ1n) is 9.79. The highest BCUT2D eigenvalue weighted by Crippen LogP contribution is 2.28. The molecule has 33 heavy (non-hydrogen) atoms. The van der Waals surface area contributed by atoms with E-state index in [1.54, 1.807) is 60.7 Å². The Bertz CT molecular complexity index is 1230. The fourth-order valence-electron chi connectivity index (χ4n) is 2.94. The Hall–Kier alpha value is -3.21. The monoisotopic (exact) mass is 531 g/mol. The topological polar surface area (TPSA) is 108 Å². The van der Waals surface area contributed by atoms with Crippen LogP contribution in [0.15, 0.2) is 87.3 Å². The van der Waals surface area contributed by atoms with Gasteiger partial charge in [0.2, 0.25) is 10.0 Å². The van der Waals surface area contributed by atoms with Crippen molar-refractivity contribution in [2.45, 2.75) is 11.4 Å². The van der Waals surface area contributed by atoms with Crippen molar-refractivity contribution in [3.05, 3.63) is 88.4 Å². The fraction of sp³-hybridized carbons (Fsp3) is 0.130. The molecule has 0 aliphatic rings. The highest BCUT2D eigenvalue weighted by molar-refractivity contribution is 9.10. The normalized spacial score (nSPS) is 11.6. The summed E-state index contributed by atoms with van der Waals surface area (Å²) in [5.74, 6) is -0.494. The molecule has 3 aromatic carbocycles. The molecule has 0 fully saturated rings. The van der Waals surface area contributed by atoms with Gasteiger partial charge in [-0.15, -0.1) is 0 Å². The molecule has 10 heteroatoms. The largest absolute Gasteiger partial charge is 0.504 e. The number of hydrogen-bond donors (Lipinski definition) is 2. The average Bonchev–Trinajstić information content (AvgIpc) is 2.81. The zero-order valence-electron chi connectivity index (χ0n) is 17.7. The summed E-state index contributed by atoms with van der Waals surface area (Å²) in [6.45, 7) is -0.451. The number of aromatic hydroxyl groups is 1. The number of methoxy groups -OCH3 is 1. The smallest absolute Gasteiger partial charge is 0.255 e. The molecule has 2 N–H and O–H groups in total. The Morgan fingerprint density at radius 2 is 1.79 bits per heavy atom. The number of benzene rings is 3. The summed E-state index contributed by atoms with van der Waals surface area (Å²) < 4.78 is 33.4. The molecule has 1 amide bonds. The lowest BCUT2D eigenvalue weighted by atomic mass is 10.2.